The quantitative estimate of drug-likeness (QED) is 0.427. The van der Waals surface area contributed by atoms with E-state index in [1.165, 1.54) is 0 Å². The summed E-state index contributed by atoms with van der Waals surface area (Å²) in [6.07, 6.45) is 0.691. The molecule has 64 valence electrons. The molecule has 1 rings (SSSR count). The van der Waals surface area contributed by atoms with Crippen molar-refractivity contribution in [2.45, 2.75) is 13.3 Å². The minimum Gasteiger partial charge on any atom is -0.411 e. The fourth-order valence-electron chi connectivity index (χ4n) is 1.00. The highest BCUT2D eigenvalue weighted by Gasteiger charge is 2.00. The molecule has 1 aromatic rings. The van der Waals surface area contributed by atoms with Gasteiger partial charge in [0.15, 0.2) is 0 Å². The van der Waals surface area contributed by atoms with Crippen LogP contribution in [-0.2, 0) is 0 Å². The van der Waals surface area contributed by atoms with Gasteiger partial charge in [-0.25, -0.2) is 0 Å². The largest absolute Gasteiger partial charge is 0.411 e. The molecule has 0 atom stereocenters. The second kappa shape index (κ2) is 4.12. The second-order valence-corrected chi connectivity index (χ2v) is 2.85. The maximum atomic E-state index is 8.62. The topological polar surface area (TPSA) is 32.6 Å². The van der Waals surface area contributed by atoms with Crippen LogP contribution in [0.4, 0.5) is 0 Å². The van der Waals surface area contributed by atoms with Gasteiger partial charge in [-0.15, -0.1) is 0 Å². The zero-order valence-electron chi connectivity index (χ0n) is 6.79. The van der Waals surface area contributed by atoms with Crippen LogP contribution >= 0.6 is 11.6 Å². The van der Waals surface area contributed by atoms with E-state index < -0.39 is 0 Å². The molecule has 0 aliphatic rings. The lowest BCUT2D eigenvalue weighted by Gasteiger charge is -2.00. The van der Waals surface area contributed by atoms with Crippen LogP contribution in [0.5, 0.6) is 0 Å². The molecule has 0 saturated carbocycles. The van der Waals surface area contributed by atoms with Gasteiger partial charge in [-0.1, -0.05) is 35.8 Å². The average Bonchev–Trinajstić information content (AvgIpc) is 2.07. The molecule has 0 saturated heterocycles. The van der Waals surface area contributed by atoms with E-state index in [0.29, 0.717) is 17.2 Å². The van der Waals surface area contributed by atoms with Crippen molar-refractivity contribution in [3.8, 4) is 0 Å². The SMILES string of the molecule is CC/C(=N/O)c1cccc(Cl)c1. The number of benzene rings is 1. The molecule has 0 spiro atoms. The van der Waals surface area contributed by atoms with Crippen molar-refractivity contribution < 1.29 is 5.21 Å². The Labute approximate surface area is 76.5 Å². The molecule has 12 heavy (non-hydrogen) atoms. The van der Waals surface area contributed by atoms with Crippen LogP contribution in [0.25, 0.3) is 0 Å². The van der Waals surface area contributed by atoms with Crippen LogP contribution < -0.4 is 0 Å². The number of nitrogens with zero attached hydrogens (tertiary/aromatic N) is 1. The third-order valence-corrected chi connectivity index (χ3v) is 1.85. The lowest BCUT2D eigenvalue weighted by molar-refractivity contribution is 0.318. The summed E-state index contributed by atoms with van der Waals surface area (Å²) in [6, 6.07) is 7.26. The number of oxime groups is 1. The third kappa shape index (κ3) is 1.98. The Morgan fingerprint density at radius 1 is 1.58 bits per heavy atom. The first-order valence-electron chi connectivity index (χ1n) is 3.74. The minimum absolute atomic E-state index is 0.650. The van der Waals surface area contributed by atoms with Gasteiger partial charge in [-0.2, -0.15) is 0 Å². The average molecular weight is 184 g/mol. The van der Waals surface area contributed by atoms with E-state index in [0.717, 1.165) is 5.56 Å². The minimum atomic E-state index is 0.650. The van der Waals surface area contributed by atoms with Crippen LogP contribution in [-0.4, -0.2) is 10.9 Å². The monoisotopic (exact) mass is 183 g/mol. The Balaban J connectivity index is 3.02. The van der Waals surface area contributed by atoms with E-state index in [2.05, 4.69) is 5.16 Å². The fraction of sp³-hybridized carbons (Fsp3) is 0.222. The summed E-state index contributed by atoms with van der Waals surface area (Å²) in [5.74, 6) is 0. The van der Waals surface area contributed by atoms with Crippen LogP contribution in [0.3, 0.4) is 0 Å². The molecule has 0 aliphatic carbocycles. The number of hydrogen-bond acceptors (Lipinski definition) is 2. The Hall–Kier alpha value is -1.02. The van der Waals surface area contributed by atoms with Crippen LogP contribution in [0.15, 0.2) is 29.4 Å². The first-order chi connectivity index (χ1) is 5.77. The zero-order valence-corrected chi connectivity index (χ0v) is 7.54. The molecule has 0 heterocycles. The van der Waals surface area contributed by atoms with Gasteiger partial charge < -0.3 is 5.21 Å². The van der Waals surface area contributed by atoms with Crippen molar-refractivity contribution in [1.29, 1.82) is 0 Å². The molecule has 2 nitrogen and oxygen atoms in total. The van der Waals surface area contributed by atoms with Gasteiger partial charge in [0.2, 0.25) is 0 Å². The van der Waals surface area contributed by atoms with Crippen molar-refractivity contribution in [3.05, 3.63) is 34.9 Å². The van der Waals surface area contributed by atoms with Crippen molar-refractivity contribution in [2.24, 2.45) is 5.16 Å². The summed E-state index contributed by atoms with van der Waals surface area (Å²) in [5, 5.41) is 12.4. The lowest BCUT2D eigenvalue weighted by Crippen LogP contribution is -1.97. The van der Waals surface area contributed by atoms with Gasteiger partial charge in [0.25, 0.3) is 0 Å². The molecule has 1 aromatic carbocycles. The third-order valence-electron chi connectivity index (χ3n) is 1.61. The molecule has 0 unspecified atom stereocenters. The summed E-state index contributed by atoms with van der Waals surface area (Å²) in [5.41, 5.74) is 1.52. The molecule has 0 aromatic heterocycles. The summed E-state index contributed by atoms with van der Waals surface area (Å²) < 4.78 is 0. The Kier molecular flexibility index (Phi) is 3.11. The Morgan fingerprint density at radius 2 is 2.33 bits per heavy atom. The summed E-state index contributed by atoms with van der Waals surface area (Å²) >= 11 is 5.77. The second-order valence-electron chi connectivity index (χ2n) is 2.41. The highest BCUT2D eigenvalue weighted by atomic mass is 35.5. The van der Waals surface area contributed by atoms with E-state index in [-0.39, 0.29) is 0 Å². The molecular formula is C9H10ClNO. The van der Waals surface area contributed by atoms with Gasteiger partial charge >= 0.3 is 0 Å². The maximum Gasteiger partial charge on any atom is 0.0865 e. The fourth-order valence-corrected chi connectivity index (χ4v) is 1.19. The normalized spacial score (nSPS) is 11.7. The molecule has 0 radical (unpaired) electrons. The van der Waals surface area contributed by atoms with Crippen molar-refractivity contribution in [3.63, 3.8) is 0 Å². The maximum absolute atomic E-state index is 8.62. The smallest absolute Gasteiger partial charge is 0.0865 e. The summed E-state index contributed by atoms with van der Waals surface area (Å²) in [4.78, 5) is 0. The van der Waals surface area contributed by atoms with Gasteiger partial charge in [0.1, 0.15) is 0 Å². The standard InChI is InChI=1S/C9H10ClNO/c1-2-9(11-12)7-4-3-5-8(10)6-7/h3-6,12H,2H2,1H3/b11-9-. The summed E-state index contributed by atoms with van der Waals surface area (Å²) in [6.45, 7) is 1.93. The van der Waals surface area contributed by atoms with Crippen molar-refractivity contribution in [2.75, 3.05) is 0 Å². The zero-order chi connectivity index (χ0) is 8.97. The number of rotatable bonds is 2. The van der Waals surface area contributed by atoms with E-state index in [1.54, 1.807) is 12.1 Å². The van der Waals surface area contributed by atoms with Crippen molar-refractivity contribution >= 4 is 17.3 Å². The summed E-state index contributed by atoms with van der Waals surface area (Å²) in [7, 11) is 0. The van der Waals surface area contributed by atoms with E-state index in [4.69, 9.17) is 16.8 Å². The number of hydrogen-bond donors (Lipinski definition) is 1. The Morgan fingerprint density at radius 3 is 2.83 bits per heavy atom. The van der Waals surface area contributed by atoms with Gasteiger partial charge in [0, 0.05) is 10.6 Å². The molecular weight excluding hydrogens is 174 g/mol. The van der Waals surface area contributed by atoms with Crippen LogP contribution in [0.1, 0.15) is 18.9 Å². The molecule has 0 fully saturated rings. The highest BCUT2D eigenvalue weighted by Crippen LogP contribution is 2.12. The molecule has 3 heteroatoms. The molecule has 0 bridgehead atoms. The predicted octanol–water partition coefficient (Wildman–Crippen LogP) is 2.93. The van der Waals surface area contributed by atoms with Gasteiger partial charge in [0.05, 0.1) is 5.71 Å². The first-order valence-corrected chi connectivity index (χ1v) is 4.12. The highest BCUT2D eigenvalue weighted by molar-refractivity contribution is 6.31. The van der Waals surface area contributed by atoms with Gasteiger partial charge in [-0.3, -0.25) is 0 Å². The van der Waals surface area contributed by atoms with Gasteiger partial charge in [-0.05, 0) is 18.6 Å². The van der Waals surface area contributed by atoms with Crippen molar-refractivity contribution in [1.82, 2.24) is 0 Å². The Bertz CT molecular complexity index is 296. The van der Waals surface area contributed by atoms with E-state index >= 15 is 0 Å². The molecule has 0 amide bonds. The first kappa shape index (κ1) is 9.07. The van der Waals surface area contributed by atoms with E-state index in [9.17, 15) is 0 Å². The molecule has 1 N–H and O–H groups in total. The lowest BCUT2D eigenvalue weighted by atomic mass is 10.1. The van der Waals surface area contributed by atoms with Crippen LogP contribution in [0.2, 0.25) is 5.02 Å². The molecule has 0 aliphatic heterocycles. The van der Waals surface area contributed by atoms with Crippen LogP contribution in [0, 0.1) is 0 Å². The number of halogens is 1. The van der Waals surface area contributed by atoms with E-state index in [1.807, 2.05) is 19.1 Å². The predicted molar refractivity (Wildman–Crippen MR) is 50.1 cm³/mol.